The molecule has 0 unspecified atom stereocenters. The van der Waals surface area contributed by atoms with E-state index in [0.717, 1.165) is 24.3 Å². The molecule has 0 saturated carbocycles. The minimum Gasteiger partial charge on any atom is -0.398 e. The summed E-state index contributed by atoms with van der Waals surface area (Å²) < 4.78 is 5.62. The molecule has 2 heteroatoms. The van der Waals surface area contributed by atoms with Gasteiger partial charge in [-0.05, 0) is 18.1 Å². The van der Waals surface area contributed by atoms with Crippen LogP contribution >= 0.6 is 0 Å². The van der Waals surface area contributed by atoms with Gasteiger partial charge in [-0.15, -0.1) is 0 Å². The van der Waals surface area contributed by atoms with Gasteiger partial charge in [-0.3, -0.25) is 0 Å². The first-order chi connectivity index (χ1) is 8.36. The van der Waals surface area contributed by atoms with E-state index < -0.39 is 0 Å². The zero-order valence-corrected chi connectivity index (χ0v) is 9.80. The van der Waals surface area contributed by atoms with E-state index in [9.17, 15) is 0 Å². The maximum atomic E-state index is 5.83. The molecule has 0 amide bonds. The summed E-state index contributed by atoms with van der Waals surface area (Å²) in [4.78, 5) is 0. The van der Waals surface area contributed by atoms with Crippen molar-refractivity contribution < 1.29 is 4.74 Å². The van der Waals surface area contributed by atoms with E-state index in [1.807, 2.05) is 42.5 Å². The topological polar surface area (TPSA) is 35.2 Å². The molecule has 0 aromatic heterocycles. The zero-order valence-electron chi connectivity index (χ0n) is 9.80. The number of nitrogen functional groups attached to an aromatic ring is 1. The summed E-state index contributed by atoms with van der Waals surface area (Å²) in [7, 11) is 0. The van der Waals surface area contributed by atoms with Crippen LogP contribution in [0.4, 0.5) is 5.69 Å². The molecule has 17 heavy (non-hydrogen) atoms. The molecule has 0 aliphatic heterocycles. The normalized spacial score (nSPS) is 10.4. The molecule has 0 aliphatic carbocycles. The Hall–Kier alpha value is -1.80. The zero-order chi connectivity index (χ0) is 11.9. The molecule has 0 spiro atoms. The Labute approximate surface area is 102 Å². The molecule has 0 bridgehead atoms. The summed E-state index contributed by atoms with van der Waals surface area (Å²) in [6.45, 7) is 1.30. The standard InChI is InChI=1S/C15H17NO/c16-15-9-5-4-8-14(15)12-17-11-10-13-6-2-1-3-7-13/h1-9H,10-12,16H2. The summed E-state index contributed by atoms with van der Waals surface area (Å²) in [5, 5.41) is 0. The second-order valence-corrected chi connectivity index (χ2v) is 3.99. The van der Waals surface area contributed by atoms with E-state index >= 15 is 0 Å². The average Bonchev–Trinajstić information content (AvgIpc) is 2.38. The minimum absolute atomic E-state index is 0.583. The minimum atomic E-state index is 0.583. The molecule has 2 nitrogen and oxygen atoms in total. The summed E-state index contributed by atoms with van der Waals surface area (Å²) in [5.74, 6) is 0. The first-order valence-corrected chi connectivity index (χ1v) is 5.81. The van der Waals surface area contributed by atoms with Crippen LogP contribution in [0.2, 0.25) is 0 Å². The van der Waals surface area contributed by atoms with Gasteiger partial charge >= 0.3 is 0 Å². The second-order valence-electron chi connectivity index (χ2n) is 3.99. The van der Waals surface area contributed by atoms with Gasteiger partial charge in [-0.1, -0.05) is 48.5 Å². The molecular weight excluding hydrogens is 210 g/mol. The van der Waals surface area contributed by atoms with Crippen molar-refractivity contribution in [2.75, 3.05) is 12.3 Å². The Morgan fingerprint density at radius 2 is 1.59 bits per heavy atom. The molecular formula is C15H17NO. The molecule has 0 atom stereocenters. The lowest BCUT2D eigenvalue weighted by atomic mass is 10.2. The van der Waals surface area contributed by atoms with E-state index in [2.05, 4.69) is 12.1 Å². The number of anilines is 1. The number of benzene rings is 2. The molecule has 2 aromatic carbocycles. The summed E-state index contributed by atoms with van der Waals surface area (Å²) >= 11 is 0. The lowest BCUT2D eigenvalue weighted by Gasteiger charge is -2.06. The van der Waals surface area contributed by atoms with Crippen LogP contribution in [0.25, 0.3) is 0 Å². The van der Waals surface area contributed by atoms with Crippen molar-refractivity contribution in [1.82, 2.24) is 0 Å². The van der Waals surface area contributed by atoms with Crippen LogP contribution in [0.15, 0.2) is 54.6 Å². The third-order valence-corrected chi connectivity index (χ3v) is 2.69. The summed E-state index contributed by atoms with van der Waals surface area (Å²) in [6, 6.07) is 18.1. The van der Waals surface area contributed by atoms with Crippen LogP contribution in [-0.2, 0) is 17.8 Å². The predicted molar refractivity (Wildman–Crippen MR) is 70.7 cm³/mol. The van der Waals surface area contributed by atoms with Crippen molar-refractivity contribution in [3.8, 4) is 0 Å². The van der Waals surface area contributed by atoms with Crippen molar-refractivity contribution in [3.63, 3.8) is 0 Å². The fraction of sp³-hybridized carbons (Fsp3) is 0.200. The molecule has 2 rings (SSSR count). The fourth-order valence-electron chi connectivity index (χ4n) is 1.68. The smallest absolute Gasteiger partial charge is 0.0737 e. The molecule has 88 valence electrons. The Balaban J connectivity index is 1.76. The van der Waals surface area contributed by atoms with Gasteiger partial charge in [0.1, 0.15) is 0 Å². The van der Waals surface area contributed by atoms with Crippen LogP contribution in [0.1, 0.15) is 11.1 Å². The first-order valence-electron chi connectivity index (χ1n) is 5.81. The van der Waals surface area contributed by atoms with Crippen LogP contribution in [0, 0.1) is 0 Å². The number of rotatable bonds is 5. The van der Waals surface area contributed by atoms with Gasteiger partial charge in [-0.2, -0.15) is 0 Å². The third-order valence-electron chi connectivity index (χ3n) is 2.69. The average molecular weight is 227 g/mol. The lowest BCUT2D eigenvalue weighted by Crippen LogP contribution is -2.01. The van der Waals surface area contributed by atoms with Crippen molar-refractivity contribution in [2.45, 2.75) is 13.0 Å². The number of para-hydroxylation sites is 1. The van der Waals surface area contributed by atoms with Gasteiger partial charge < -0.3 is 10.5 Å². The van der Waals surface area contributed by atoms with Gasteiger partial charge in [0.25, 0.3) is 0 Å². The monoisotopic (exact) mass is 227 g/mol. The maximum absolute atomic E-state index is 5.83. The van der Waals surface area contributed by atoms with Gasteiger partial charge in [0, 0.05) is 11.3 Å². The van der Waals surface area contributed by atoms with E-state index in [4.69, 9.17) is 10.5 Å². The van der Waals surface area contributed by atoms with E-state index in [-0.39, 0.29) is 0 Å². The van der Waals surface area contributed by atoms with Crippen LogP contribution in [-0.4, -0.2) is 6.61 Å². The van der Waals surface area contributed by atoms with Gasteiger partial charge in [0.05, 0.1) is 13.2 Å². The Morgan fingerprint density at radius 3 is 2.35 bits per heavy atom. The van der Waals surface area contributed by atoms with E-state index in [1.165, 1.54) is 5.56 Å². The van der Waals surface area contributed by atoms with Crippen LogP contribution in [0.3, 0.4) is 0 Å². The summed E-state index contributed by atoms with van der Waals surface area (Å²) in [5.41, 5.74) is 8.99. The van der Waals surface area contributed by atoms with Crippen LogP contribution < -0.4 is 5.73 Å². The van der Waals surface area contributed by atoms with Crippen molar-refractivity contribution in [3.05, 3.63) is 65.7 Å². The Morgan fingerprint density at radius 1 is 0.882 bits per heavy atom. The number of ether oxygens (including phenoxy) is 1. The molecule has 0 fully saturated rings. The predicted octanol–water partition coefficient (Wildman–Crippen LogP) is 3.03. The molecule has 0 heterocycles. The van der Waals surface area contributed by atoms with Crippen molar-refractivity contribution in [1.29, 1.82) is 0 Å². The quantitative estimate of drug-likeness (QED) is 0.629. The molecule has 0 aliphatic rings. The van der Waals surface area contributed by atoms with Crippen molar-refractivity contribution >= 4 is 5.69 Å². The SMILES string of the molecule is Nc1ccccc1COCCc1ccccc1. The highest BCUT2D eigenvalue weighted by Crippen LogP contribution is 2.11. The Bertz CT molecular complexity index is 453. The van der Waals surface area contributed by atoms with Gasteiger partial charge in [0.2, 0.25) is 0 Å². The largest absolute Gasteiger partial charge is 0.398 e. The van der Waals surface area contributed by atoms with Gasteiger partial charge in [-0.25, -0.2) is 0 Å². The first kappa shape index (κ1) is 11.7. The van der Waals surface area contributed by atoms with E-state index in [0.29, 0.717) is 6.61 Å². The molecule has 2 N–H and O–H groups in total. The Kier molecular flexibility index (Phi) is 4.17. The van der Waals surface area contributed by atoms with Gasteiger partial charge in [0.15, 0.2) is 0 Å². The molecule has 0 radical (unpaired) electrons. The maximum Gasteiger partial charge on any atom is 0.0737 e. The highest BCUT2D eigenvalue weighted by Gasteiger charge is 1.97. The number of nitrogens with two attached hydrogens (primary N) is 1. The summed E-state index contributed by atoms with van der Waals surface area (Å²) in [6.07, 6.45) is 0.938. The number of hydrogen-bond donors (Lipinski definition) is 1. The molecule has 2 aromatic rings. The lowest BCUT2D eigenvalue weighted by molar-refractivity contribution is 0.124. The fourth-order valence-corrected chi connectivity index (χ4v) is 1.68. The van der Waals surface area contributed by atoms with E-state index in [1.54, 1.807) is 0 Å². The number of hydrogen-bond acceptors (Lipinski definition) is 2. The molecule has 0 saturated heterocycles. The highest BCUT2D eigenvalue weighted by molar-refractivity contribution is 5.45. The van der Waals surface area contributed by atoms with Crippen molar-refractivity contribution in [2.24, 2.45) is 0 Å². The van der Waals surface area contributed by atoms with Crippen LogP contribution in [0.5, 0.6) is 0 Å². The second kappa shape index (κ2) is 6.06. The highest BCUT2D eigenvalue weighted by atomic mass is 16.5. The third kappa shape index (κ3) is 3.61.